The minimum Gasteiger partial charge on any atom is -0.398 e. The Kier molecular flexibility index (Phi) is 4.76. The van der Waals surface area contributed by atoms with E-state index in [0.717, 1.165) is 5.56 Å². The van der Waals surface area contributed by atoms with Gasteiger partial charge in [-0.3, -0.25) is 24.7 Å². The summed E-state index contributed by atoms with van der Waals surface area (Å²) in [5, 5.41) is 0. The molecule has 25 heavy (non-hydrogen) atoms. The number of likely N-dealkylation sites (tertiary alicyclic amines) is 1. The zero-order valence-corrected chi connectivity index (χ0v) is 13.4. The van der Waals surface area contributed by atoms with Crippen LogP contribution >= 0.6 is 0 Å². The van der Waals surface area contributed by atoms with Crippen LogP contribution in [0.5, 0.6) is 0 Å². The molecule has 1 saturated heterocycles. The lowest BCUT2D eigenvalue weighted by Crippen LogP contribution is -2.48. The molecule has 0 saturated carbocycles. The fourth-order valence-electron chi connectivity index (χ4n) is 2.65. The van der Waals surface area contributed by atoms with E-state index in [1.165, 1.54) is 4.90 Å². The molecule has 0 radical (unpaired) electrons. The number of nitrogens with two attached hydrogens (primary N) is 1. The van der Waals surface area contributed by atoms with Crippen LogP contribution in [0, 0.1) is 0 Å². The normalized spacial score (nSPS) is 17.0. The van der Waals surface area contributed by atoms with Crippen molar-refractivity contribution in [1.82, 2.24) is 15.8 Å². The first kappa shape index (κ1) is 16.7. The Morgan fingerprint density at radius 2 is 1.76 bits per heavy atom. The quantitative estimate of drug-likeness (QED) is 0.425. The molecule has 2 aromatic rings. The second kappa shape index (κ2) is 7.14. The fourth-order valence-corrected chi connectivity index (χ4v) is 2.65. The number of rotatable bonds is 5. The van der Waals surface area contributed by atoms with Crippen LogP contribution in [0.4, 0.5) is 5.69 Å². The summed E-state index contributed by atoms with van der Waals surface area (Å²) in [5.74, 6) is -1.10. The molecule has 3 rings (SSSR count). The minimum atomic E-state index is -0.787. The van der Waals surface area contributed by atoms with Crippen LogP contribution in [0.2, 0.25) is 0 Å². The number of para-hydroxylation sites is 1. The fraction of sp³-hybridized carbons (Fsp3) is 0.167. The number of hydrogen-bond acceptors (Lipinski definition) is 5. The van der Waals surface area contributed by atoms with Gasteiger partial charge < -0.3 is 5.73 Å². The molecule has 3 amide bonds. The Morgan fingerprint density at radius 1 is 1.08 bits per heavy atom. The minimum absolute atomic E-state index is 0.00375. The van der Waals surface area contributed by atoms with Crippen molar-refractivity contribution in [1.29, 1.82) is 0 Å². The van der Waals surface area contributed by atoms with Crippen LogP contribution in [0.3, 0.4) is 0 Å². The maximum absolute atomic E-state index is 12.4. The van der Waals surface area contributed by atoms with Crippen LogP contribution in [0.1, 0.15) is 22.3 Å². The van der Waals surface area contributed by atoms with Crippen LogP contribution < -0.4 is 16.6 Å². The Balaban J connectivity index is 1.61. The lowest BCUT2D eigenvalue weighted by Gasteiger charge is -2.16. The molecule has 1 aliphatic rings. The molecule has 0 aliphatic carbocycles. The van der Waals surface area contributed by atoms with Gasteiger partial charge in [-0.2, -0.15) is 0 Å². The number of nitrogens with zero attached hydrogens (tertiary/aromatic N) is 1. The third-order valence-electron chi connectivity index (χ3n) is 3.99. The van der Waals surface area contributed by atoms with Gasteiger partial charge in [0.05, 0.1) is 18.5 Å². The first-order chi connectivity index (χ1) is 12.1. The highest BCUT2D eigenvalue weighted by atomic mass is 16.2. The number of carbonyl (C=O) groups is 3. The van der Waals surface area contributed by atoms with Crippen LogP contribution in [-0.2, 0) is 16.1 Å². The lowest BCUT2D eigenvalue weighted by atomic mass is 10.2. The van der Waals surface area contributed by atoms with Gasteiger partial charge in [-0.15, -0.1) is 0 Å². The summed E-state index contributed by atoms with van der Waals surface area (Å²) in [6.07, 6.45) is -0.00375. The van der Waals surface area contributed by atoms with Gasteiger partial charge in [-0.05, 0) is 17.7 Å². The van der Waals surface area contributed by atoms with Gasteiger partial charge in [0.25, 0.3) is 5.91 Å². The molecule has 2 aromatic carbocycles. The lowest BCUT2D eigenvalue weighted by molar-refractivity contribution is -0.139. The SMILES string of the molecule is Nc1ccccc1C(=O)NN[C@@H]1CC(=O)N(Cc2ccccc2)C1=O. The van der Waals surface area contributed by atoms with E-state index in [4.69, 9.17) is 5.73 Å². The first-order valence-corrected chi connectivity index (χ1v) is 7.85. The zero-order chi connectivity index (χ0) is 17.8. The van der Waals surface area contributed by atoms with E-state index in [2.05, 4.69) is 10.9 Å². The number of amides is 3. The van der Waals surface area contributed by atoms with Crippen molar-refractivity contribution in [2.75, 3.05) is 5.73 Å². The molecule has 1 aliphatic heterocycles. The second-order valence-corrected chi connectivity index (χ2v) is 5.75. The first-order valence-electron chi connectivity index (χ1n) is 7.85. The van der Waals surface area contributed by atoms with E-state index in [-0.39, 0.29) is 24.8 Å². The predicted octanol–water partition coefficient (Wildman–Crippen LogP) is 0.831. The summed E-state index contributed by atoms with van der Waals surface area (Å²) in [5.41, 5.74) is 12.3. The maximum Gasteiger partial charge on any atom is 0.267 e. The summed E-state index contributed by atoms with van der Waals surface area (Å²) in [4.78, 5) is 37.8. The van der Waals surface area contributed by atoms with Gasteiger partial charge in [0.1, 0.15) is 6.04 Å². The molecule has 0 spiro atoms. The Morgan fingerprint density at radius 3 is 2.48 bits per heavy atom. The average molecular weight is 338 g/mol. The smallest absolute Gasteiger partial charge is 0.267 e. The number of nitrogen functional groups attached to an aromatic ring is 1. The molecule has 1 atom stereocenters. The van der Waals surface area contributed by atoms with Crippen molar-refractivity contribution < 1.29 is 14.4 Å². The Bertz CT molecular complexity index is 807. The van der Waals surface area contributed by atoms with Crippen LogP contribution in [0.25, 0.3) is 0 Å². The van der Waals surface area contributed by atoms with Crippen LogP contribution in [-0.4, -0.2) is 28.7 Å². The molecule has 0 aromatic heterocycles. The summed E-state index contributed by atoms with van der Waals surface area (Å²) in [6, 6.07) is 15.1. The molecular formula is C18H18N4O3. The third kappa shape index (κ3) is 3.67. The van der Waals surface area contributed by atoms with Crippen molar-refractivity contribution in [3.05, 3.63) is 65.7 Å². The molecule has 7 heteroatoms. The van der Waals surface area contributed by atoms with E-state index in [0.29, 0.717) is 11.3 Å². The van der Waals surface area contributed by atoms with Gasteiger partial charge in [0.15, 0.2) is 0 Å². The Hall–Kier alpha value is -3.19. The van der Waals surface area contributed by atoms with Crippen LogP contribution in [0.15, 0.2) is 54.6 Å². The topological polar surface area (TPSA) is 105 Å². The van der Waals surface area contributed by atoms with Crippen molar-refractivity contribution in [2.45, 2.75) is 19.0 Å². The Labute approximate surface area is 144 Å². The molecule has 4 N–H and O–H groups in total. The second-order valence-electron chi connectivity index (χ2n) is 5.75. The molecule has 0 bridgehead atoms. The molecule has 7 nitrogen and oxygen atoms in total. The number of hydrogen-bond donors (Lipinski definition) is 3. The van der Waals surface area contributed by atoms with E-state index >= 15 is 0 Å². The molecule has 1 heterocycles. The van der Waals surface area contributed by atoms with Crippen molar-refractivity contribution in [3.8, 4) is 0 Å². The third-order valence-corrected chi connectivity index (χ3v) is 3.99. The molecular weight excluding hydrogens is 320 g/mol. The average Bonchev–Trinajstić information content (AvgIpc) is 2.88. The molecule has 128 valence electrons. The predicted molar refractivity (Wildman–Crippen MR) is 91.9 cm³/mol. The summed E-state index contributed by atoms with van der Waals surface area (Å²) < 4.78 is 0. The standard InChI is InChI=1S/C18H18N4O3/c19-14-9-5-4-8-13(14)17(24)21-20-15-10-16(23)22(18(15)25)11-12-6-2-1-3-7-12/h1-9,15,20H,10-11,19H2,(H,21,24)/t15-/m1/s1. The maximum atomic E-state index is 12.4. The highest BCUT2D eigenvalue weighted by Crippen LogP contribution is 2.16. The summed E-state index contributed by atoms with van der Waals surface area (Å²) >= 11 is 0. The zero-order valence-electron chi connectivity index (χ0n) is 13.4. The van der Waals surface area contributed by atoms with E-state index in [1.54, 1.807) is 24.3 Å². The molecule has 0 unspecified atom stereocenters. The number of benzene rings is 2. The van der Waals surface area contributed by atoms with Crippen molar-refractivity contribution in [3.63, 3.8) is 0 Å². The number of carbonyl (C=O) groups excluding carboxylic acids is 3. The summed E-state index contributed by atoms with van der Waals surface area (Å²) in [7, 11) is 0. The van der Waals surface area contributed by atoms with Crippen molar-refractivity contribution in [2.24, 2.45) is 0 Å². The molecule has 1 fully saturated rings. The van der Waals surface area contributed by atoms with Crippen molar-refractivity contribution >= 4 is 23.4 Å². The number of nitrogens with one attached hydrogen (secondary N) is 2. The monoisotopic (exact) mass is 338 g/mol. The highest BCUT2D eigenvalue weighted by molar-refractivity contribution is 6.06. The number of imide groups is 1. The van der Waals surface area contributed by atoms with Gasteiger partial charge in [-0.1, -0.05) is 42.5 Å². The van der Waals surface area contributed by atoms with Gasteiger partial charge in [-0.25, -0.2) is 5.43 Å². The van der Waals surface area contributed by atoms with Gasteiger partial charge in [0, 0.05) is 5.69 Å². The van der Waals surface area contributed by atoms with E-state index < -0.39 is 11.9 Å². The summed E-state index contributed by atoms with van der Waals surface area (Å²) in [6.45, 7) is 0.219. The number of hydrazine groups is 1. The van der Waals surface area contributed by atoms with E-state index in [1.807, 2.05) is 30.3 Å². The number of anilines is 1. The van der Waals surface area contributed by atoms with Gasteiger partial charge in [0.2, 0.25) is 11.8 Å². The van der Waals surface area contributed by atoms with E-state index in [9.17, 15) is 14.4 Å². The van der Waals surface area contributed by atoms with Gasteiger partial charge >= 0.3 is 0 Å². The highest BCUT2D eigenvalue weighted by Gasteiger charge is 2.38. The largest absolute Gasteiger partial charge is 0.398 e.